The van der Waals surface area contributed by atoms with E-state index in [1.807, 2.05) is 6.07 Å². The van der Waals surface area contributed by atoms with Crippen LogP contribution >= 0.6 is 0 Å². The van der Waals surface area contributed by atoms with E-state index in [2.05, 4.69) is 20.3 Å². The molecule has 0 saturated heterocycles. The summed E-state index contributed by atoms with van der Waals surface area (Å²) in [5.41, 5.74) is 0.218. The van der Waals surface area contributed by atoms with E-state index in [4.69, 9.17) is 4.55 Å². The van der Waals surface area contributed by atoms with Gasteiger partial charge in [0.25, 0.3) is 10.1 Å². The molecule has 3 aromatic carbocycles. The molecule has 0 aliphatic rings. The molecular weight excluding hydrogens is 574 g/mol. The molecule has 0 spiro atoms. The van der Waals surface area contributed by atoms with E-state index in [0.717, 1.165) is 29.7 Å². The van der Waals surface area contributed by atoms with Crippen LogP contribution in [0, 0.1) is 0 Å². The lowest BCUT2D eigenvalue weighted by Crippen LogP contribution is -2.13. The molecule has 5 rings (SSSR count). The van der Waals surface area contributed by atoms with Gasteiger partial charge in [-0.05, 0) is 48.5 Å². The second-order valence-electron chi connectivity index (χ2n) is 8.36. The Hall–Kier alpha value is -4.56. The third kappa shape index (κ3) is 7.77. The molecule has 0 aliphatic carbocycles. The van der Waals surface area contributed by atoms with Crippen molar-refractivity contribution >= 4 is 32.5 Å². The molecule has 0 fully saturated rings. The summed E-state index contributed by atoms with van der Waals surface area (Å²) >= 11 is 0. The minimum absolute atomic E-state index is 0.00992. The Labute approximate surface area is 229 Å². The molecule has 2 heterocycles. The lowest BCUT2D eigenvalue weighted by Gasteiger charge is -2.13. The van der Waals surface area contributed by atoms with Gasteiger partial charge in [-0.3, -0.25) is 9.54 Å². The summed E-state index contributed by atoms with van der Waals surface area (Å²) in [4.78, 5) is 11.2. The Morgan fingerprint density at radius 2 is 1.41 bits per heavy atom. The molecule has 0 radical (unpaired) electrons. The van der Waals surface area contributed by atoms with E-state index in [1.54, 1.807) is 48.7 Å². The summed E-state index contributed by atoms with van der Waals surface area (Å²) in [6, 6.07) is 21.0. The normalized spacial score (nSPS) is 12.0. The number of hydrogen-bond donors (Lipinski definition) is 2. The van der Waals surface area contributed by atoms with Gasteiger partial charge in [-0.1, -0.05) is 36.4 Å². The molecule has 0 unspecified atom stereocenters. The Kier molecular flexibility index (Phi) is 8.26. The maximum atomic E-state index is 13.3. The Bertz CT molecular complexity index is 1760. The molecule has 0 bridgehead atoms. The molecule has 7 nitrogen and oxygen atoms in total. The van der Waals surface area contributed by atoms with Crippen molar-refractivity contribution in [1.29, 1.82) is 0 Å². The van der Waals surface area contributed by atoms with Crippen LogP contribution in [0.5, 0.6) is 0 Å². The fourth-order valence-corrected chi connectivity index (χ4v) is 4.00. The van der Waals surface area contributed by atoms with Crippen LogP contribution in [0.4, 0.5) is 37.8 Å². The molecular formula is C27H18F6N4O3S. The first-order chi connectivity index (χ1) is 19.2. The number of anilines is 2. The van der Waals surface area contributed by atoms with E-state index in [1.165, 1.54) is 18.2 Å². The molecule has 41 heavy (non-hydrogen) atoms. The summed E-state index contributed by atoms with van der Waals surface area (Å²) in [7, 11) is -4.00. The lowest BCUT2D eigenvalue weighted by molar-refractivity contribution is -0.144. The average Bonchev–Trinajstić information content (AvgIpc) is 2.92. The third-order valence-electron chi connectivity index (χ3n) is 5.41. The maximum absolute atomic E-state index is 13.3. The molecule has 2 aromatic heterocycles. The van der Waals surface area contributed by atoms with E-state index in [0.29, 0.717) is 11.1 Å². The highest BCUT2D eigenvalue weighted by Crippen LogP contribution is 2.33. The molecule has 212 valence electrons. The van der Waals surface area contributed by atoms with Gasteiger partial charge in [-0.15, -0.1) is 0 Å². The summed E-state index contributed by atoms with van der Waals surface area (Å²) in [6.45, 7) is 0. The van der Waals surface area contributed by atoms with Crippen molar-refractivity contribution in [1.82, 2.24) is 15.0 Å². The molecule has 0 aliphatic heterocycles. The summed E-state index contributed by atoms with van der Waals surface area (Å²) in [5, 5.41) is 3.41. The predicted octanol–water partition coefficient (Wildman–Crippen LogP) is 7.41. The number of nitrogens with zero attached hydrogens (tertiary/aromatic N) is 3. The van der Waals surface area contributed by atoms with Gasteiger partial charge < -0.3 is 5.32 Å². The number of nitrogens with one attached hydrogen (secondary N) is 1. The van der Waals surface area contributed by atoms with Gasteiger partial charge in [0, 0.05) is 28.9 Å². The zero-order chi connectivity index (χ0) is 29.8. The number of rotatable bonds is 4. The summed E-state index contributed by atoms with van der Waals surface area (Å²) in [5.74, 6) is -1.58. The number of pyridine rings is 1. The maximum Gasteiger partial charge on any atom is 0.451 e. The Morgan fingerprint density at radius 3 is 2.00 bits per heavy atom. The molecule has 0 amide bonds. The predicted molar refractivity (Wildman–Crippen MR) is 139 cm³/mol. The fourth-order valence-electron chi connectivity index (χ4n) is 3.49. The van der Waals surface area contributed by atoms with Gasteiger partial charge >= 0.3 is 12.4 Å². The van der Waals surface area contributed by atoms with E-state index >= 15 is 0 Å². The van der Waals surface area contributed by atoms with E-state index in [-0.39, 0.29) is 22.1 Å². The zero-order valence-corrected chi connectivity index (χ0v) is 21.3. The van der Waals surface area contributed by atoms with Crippen LogP contribution in [0.1, 0.15) is 11.4 Å². The van der Waals surface area contributed by atoms with Crippen LogP contribution in [0.25, 0.3) is 22.2 Å². The topological polar surface area (TPSA) is 105 Å². The summed E-state index contributed by atoms with van der Waals surface area (Å²) < 4.78 is 107. The number of fused-ring (bicyclic) bond motifs is 1. The number of benzene rings is 3. The second kappa shape index (κ2) is 11.5. The Balaban J connectivity index is 0.000000328. The number of alkyl halides is 6. The highest BCUT2D eigenvalue weighted by molar-refractivity contribution is 7.85. The standard InChI is InChI=1S/C21H12F6N4.C6H6O3S/c22-20(23,24)14-5-7-15(8-6-14)29-18-11-17(30-19(31-18)21(25,26)27)13-4-3-12-2-1-9-28-16(12)10-13;7-10(8,9)6-4-2-1-3-5-6/h1-11H,(H,29,30,31);1-5H,(H,7,8,9). The highest BCUT2D eigenvalue weighted by Gasteiger charge is 2.35. The first-order valence-electron chi connectivity index (χ1n) is 11.5. The molecule has 0 saturated carbocycles. The average molecular weight is 593 g/mol. The van der Waals surface area contributed by atoms with Crippen molar-refractivity contribution in [3.05, 3.63) is 109 Å². The summed E-state index contributed by atoms with van der Waals surface area (Å²) in [6.07, 6.45) is -7.78. The van der Waals surface area contributed by atoms with Gasteiger partial charge in [0.15, 0.2) is 0 Å². The van der Waals surface area contributed by atoms with Gasteiger partial charge in [-0.2, -0.15) is 34.8 Å². The molecule has 5 aromatic rings. The van der Waals surface area contributed by atoms with Crippen molar-refractivity contribution in [3.63, 3.8) is 0 Å². The van der Waals surface area contributed by atoms with Crippen molar-refractivity contribution in [2.45, 2.75) is 17.2 Å². The van der Waals surface area contributed by atoms with Crippen LogP contribution in [0.2, 0.25) is 0 Å². The van der Waals surface area contributed by atoms with Crippen molar-refractivity contribution in [2.24, 2.45) is 0 Å². The van der Waals surface area contributed by atoms with Crippen molar-refractivity contribution in [2.75, 3.05) is 5.32 Å². The number of hydrogen-bond acceptors (Lipinski definition) is 6. The lowest BCUT2D eigenvalue weighted by atomic mass is 10.1. The van der Waals surface area contributed by atoms with Gasteiger partial charge in [-0.25, -0.2) is 9.97 Å². The first kappa shape index (κ1) is 29.4. The van der Waals surface area contributed by atoms with Crippen LogP contribution in [-0.4, -0.2) is 27.9 Å². The van der Waals surface area contributed by atoms with Crippen LogP contribution < -0.4 is 5.32 Å². The monoisotopic (exact) mass is 592 g/mol. The van der Waals surface area contributed by atoms with Gasteiger partial charge in [0.05, 0.1) is 21.7 Å². The van der Waals surface area contributed by atoms with Crippen LogP contribution in [-0.2, 0) is 22.5 Å². The molecule has 2 N–H and O–H groups in total. The fraction of sp³-hybridized carbons (Fsp3) is 0.0741. The van der Waals surface area contributed by atoms with Crippen molar-refractivity contribution < 1.29 is 39.3 Å². The molecule has 0 atom stereocenters. The first-order valence-corrected chi connectivity index (χ1v) is 12.9. The van der Waals surface area contributed by atoms with Crippen molar-refractivity contribution in [3.8, 4) is 11.3 Å². The van der Waals surface area contributed by atoms with Crippen LogP contribution in [0.3, 0.4) is 0 Å². The largest absolute Gasteiger partial charge is 0.451 e. The Morgan fingerprint density at radius 1 is 0.732 bits per heavy atom. The minimum Gasteiger partial charge on any atom is -0.340 e. The number of aromatic nitrogens is 3. The third-order valence-corrected chi connectivity index (χ3v) is 6.27. The highest BCUT2D eigenvalue weighted by atomic mass is 32.2. The van der Waals surface area contributed by atoms with Gasteiger partial charge in [0.2, 0.25) is 5.82 Å². The van der Waals surface area contributed by atoms with E-state index in [9.17, 15) is 34.8 Å². The quantitative estimate of drug-likeness (QED) is 0.165. The number of halogens is 6. The van der Waals surface area contributed by atoms with Crippen LogP contribution in [0.15, 0.2) is 102 Å². The SMILES string of the molecule is FC(F)(F)c1ccc(Nc2cc(-c3ccc4cccnc4c3)nc(C(F)(F)F)n2)cc1.O=S(=O)(O)c1ccccc1. The molecule has 14 heteroatoms. The zero-order valence-electron chi connectivity index (χ0n) is 20.5. The minimum atomic E-state index is -4.82. The second-order valence-corrected chi connectivity index (χ2v) is 9.78. The van der Waals surface area contributed by atoms with E-state index < -0.39 is 33.9 Å². The van der Waals surface area contributed by atoms with Gasteiger partial charge in [0.1, 0.15) is 5.82 Å². The smallest absolute Gasteiger partial charge is 0.340 e.